The first-order valence-electron chi connectivity index (χ1n) is 11.6. The SMILES string of the molecule is CN(C)C=O.O=[N+]([O-])c1cc2c(cc1[N+](=O)[O-])C1c3cc([N+](=O)[O-])c([N+](=O)[O-])cc3C2c2cc([N+](=O)[O-])c([N+](=O)[O-])cc21. The molecule has 0 N–H and O–H groups in total. The maximum absolute atomic E-state index is 11.6. The third-order valence-electron chi connectivity index (χ3n) is 6.80. The van der Waals surface area contributed by atoms with Crippen LogP contribution in [0.2, 0.25) is 0 Å². The van der Waals surface area contributed by atoms with Gasteiger partial charge in [0.25, 0.3) is 0 Å². The summed E-state index contributed by atoms with van der Waals surface area (Å²) in [6.45, 7) is 0. The molecule has 3 aliphatic rings. The predicted molar refractivity (Wildman–Crippen MR) is 141 cm³/mol. The molecule has 0 unspecified atom stereocenters. The molecule has 20 nitrogen and oxygen atoms in total. The minimum atomic E-state index is -1.25. The Morgan fingerprint density at radius 1 is 0.465 bits per heavy atom. The van der Waals surface area contributed by atoms with Gasteiger partial charge in [-0.15, -0.1) is 0 Å². The second-order valence-corrected chi connectivity index (χ2v) is 9.39. The summed E-state index contributed by atoms with van der Waals surface area (Å²) in [7, 11) is 3.38. The Labute approximate surface area is 236 Å². The van der Waals surface area contributed by atoms with Crippen molar-refractivity contribution in [3.8, 4) is 0 Å². The van der Waals surface area contributed by atoms with Crippen LogP contribution in [0.3, 0.4) is 0 Å². The number of carbonyl (C=O) groups is 1. The van der Waals surface area contributed by atoms with Gasteiger partial charge in [0.1, 0.15) is 0 Å². The first-order valence-corrected chi connectivity index (χ1v) is 11.6. The molecule has 0 saturated heterocycles. The van der Waals surface area contributed by atoms with Crippen LogP contribution in [-0.4, -0.2) is 54.9 Å². The predicted octanol–water partition coefficient (Wildman–Crippen LogP) is 3.83. The lowest BCUT2D eigenvalue weighted by atomic mass is 9.60. The van der Waals surface area contributed by atoms with Crippen molar-refractivity contribution >= 4 is 40.5 Å². The van der Waals surface area contributed by atoms with Crippen LogP contribution in [0.25, 0.3) is 0 Å². The molecular formula is C23H15N7O13. The lowest BCUT2D eigenvalue weighted by Crippen LogP contribution is -2.28. The van der Waals surface area contributed by atoms with Crippen molar-refractivity contribution in [3.63, 3.8) is 0 Å². The summed E-state index contributed by atoms with van der Waals surface area (Å²) in [4.78, 5) is 74.4. The minimum absolute atomic E-state index is 0.0404. The minimum Gasteiger partial charge on any atom is -0.351 e. The number of benzene rings is 3. The second kappa shape index (κ2) is 10.5. The lowest BCUT2D eigenvalue weighted by molar-refractivity contribution is -0.422. The summed E-state index contributed by atoms with van der Waals surface area (Å²) in [5, 5.41) is 69.6. The van der Waals surface area contributed by atoms with E-state index < -0.39 is 75.5 Å². The topological polar surface area (TPSA) is 279 Å². The molecule has 0 atom stereocenters. The summed E-state index contributed by atoms with van der Waals surface area (Å²) >= 11 is 0. The molecule has 0 aliphatic heterocycles. The van der Waals surface area contributed by atoms with Crippen molar-refractivity contribution in [2.45, 2.75) is 11.8 Å². The van der Waals surface area contributed by atoms with Crippen LogP contribution in [0.5, 0.6) is 0 Å². The van der Waals surface area contributed by atoms with E-state index in [0.29, 0.717) is 0 Å². The van der Waals surface area contributed by atoms with E-state index in [0.717, 1.165) is 42.8 Å². The van der Waals surface area contributed by atoms with Crippen molar-refractivity contribution in [2.75, 3.05) is 14.1 Å². The normalized spacial score (nSPS) is 15.0. The van der Waals surface area contributed by atoms with E-state index in [1.807, 2.05) is 0 Å². The number of carbonyl (C=O) groups excluding carboxylic acids is 1. The fraction of sp³-hybridized carbons (Fsp3) is 0.174. The van der Waals surface area contributed by atoms with Gasteiger partial charge in [-0.1, -0.05) is 0 Å². The molecule has 0 spiro atoms. The Balaban J connectivity index is 0.000000782. The Hall–Kier alpha value is -6.47. The molecule has 2 bridgehead atoms. The van der Waals surface area contributed by atoms with E-state index in [4.69, 9.17) is 0 Å². The van der Waals surface area contributed by atoms with E-state index in [1.165, 1.54) is 4.90 Å². The zero-order valence-corrected chi connectivity index (χ0v) is 21.6. The van der Waals surface area contributed by atoms with Gasteiger partial charge < -0.3 is 4.90 Å². The molecule has 0 aromatic heterocycles. The summed E-state index contributed by atoms with van der Waals surface area (Å²) in [5.41, 5.74) is -5.27. The quantitative estimate of drug-likeness (QED) is 0.147. The van der Waals surface area contributed by atoms with E-state index in [2.05, 4.69) is 0 Å². The van der Waals surface area contributed by atoms with Gasteiger partial charge in [-0.05, 0) is 33.4 Å². The van der Waals surface area contributed by atoms with E-state index in [9.17, 15) is 65.5 Å². The fourth-order valence-corrected chi connectivity index (χ4v) is 5.21. The summed E-state index contributed by atoms with van der Waals surface area (Å²) in [5.74, 6) is -2.50. The first-order chi connectivity index (χ1) is 20.1. The summed E-state index contributed by atoms with van der Waals surface area (Å²) in [6, 6.07) is 5.24. The van der Waals surface area contributed by atoms with Crippen LogP contribution in [0.4, 0.5) is 34.1 Å². The highest BCUT2D eigenvalue weighted by molar-refractivity contribution is 5.77. The second-order valence-electron chi connectivity index (χ2n) is 9.39. The highest BCUT2D eigenvalue weighted by Crippen LogP contribution is 2.60. The monoisotopic (exact) mass is 597 g/mol. The smallest absolute Gasteiger partial charge is 0.346 e. The number of nitrogens with zero attached hydrogens (tertiary/aromatic N) is 7. The van der Waals surface area contributed by atoms with Gasteiger partial charge in [0, 0.05) is 62.3 Å². The average Bonchev–Trinajstić information content (AvgIpc) is 2.94. The maximum atomic E-state index is 11.6. The van der Waals surface area contributed by atoms with Crippen molar-refractivity contribution in [2.24, 2.45) is 0 Å². The molecule has 1 amide bonds. The maximum Gasteiger partial charge on any atom is 0.346 e. The van der Waals surface area contributed by atoms with Gasteiger partial charge in [-0.2, -0.15) is 0 Å². The van der Waals surface area contributed by atoms with Gasteiger partial charge in [-0.25, -0.2) is 0 Å². The molecule has 3 aromatic carbocycles. The van der Waals surface area contributed by atoms with Crippen molar-refractivity contribution < 1.29 is 34.3 Å². The largest absolute Gasteiger partial charge is 0.351 e. The van der Waals surface area contributed by atoms with Gasteiger partial charge >= 0.3 is 34.1 Å². The average molecular weight is 597 g/mol. The molecule has 0 saturated carbocycles. The number of nitro benzene ring substituents is 6. The van der Waals surface area contributed by atoms with Crippen LogP contribution in [0.15, 0.2) is 36.4 Å². The van der Waals surface area contributed by atoms with Crippen LogP contribution >= 0.6 is 0 Å². The number of nitro groups is 6. The zero-order chi connectivity index (χ0) is 32.1. The number of hydrogen-bond acceptors (Lipinski definition) is 13. The van der Waals surface area contributed by atoms with Crippen molar-refractivity contribution in [1.29, 1.82) is 0 Å². The third-order valence-corrected chi connectivity index (χ3v) is 6.80. The molecule has 3 aliphatic carbocycles. The summed E-state index contributed by atoms with van der Waals surface area (Å²) in [6.07, 6.45) is 0.750. The molecule has 20 heteroatoms. The zero-order valence-electron chi connectivity index (χ0n) is 21.6. The standard InChI is InChI=1S/C20H8N6O12.C3H7NO/c27-21(28)13-1-7-8(2-14(13)22(29)30)20-11-5-17(25(35)36)15(23(31)32)3-9(11)19(7)10-4-16(24(33)34)18(26(37)38)6-12(10)20;1-4(2)3-5/h1-6,19-20H;3H,1-2H3. The fourth-order valence-electron chi connectivity index (χ4n) is 5.21. The molecule has 0 radical (unpaired) electrons. The molecular weight excluding hydrogens is 582 g/mol. The Kier molecular flexibility index (Phi) is 7.20. The number of amides is 1. The van der Waals surface area contributed by atoms with E-state index in [1.54, 1.807) is 14.1 Å². The van der Waals surface area contributed by atoms with Gasteiger partial charge in [0.05, 0.1) is 29.5 Å². The Morgan fingerprint density at radius 2 is 0.605 bits per heavy atom. The van der Waals surface area contributed by atoms with Crippen LogP contribution in [-0.2, 0) is 4.79 Å². The van der Waals surface area contributed by atoms with Crippen LogP contribution in [0.1, 0.15) is 45.2 Å². The Morgan fingerprint density at radius 3 is 0.698 bits per heavy atom. The molecule has 0 fully saturated rings. The van der Waals surface area contributed by atoms with E-state index in [-0.39, 0.29) is 33.4 Å². The molecule has 43 heavy (non-hydrogen) atoms. The highest BCUT2D eigenvalue weighted by atomic mass is 16.7. The molecule has 220 valence electrons. The van der Waals surface area contributed by atoms with Gasteiger partial charge in [0.2, 0.25) is 6.41 Å². The van der Waals surface area contributed by atoms with E-state index >= 15 is 0 Å². The van der Waals surface area contributed by atoms with Crippen LogP contribution < -0.4 is 0 Å². The molecule has 6 rings (SSSR count). The molecule has 0 heterocycles. The lowest BCUT2D eigenvalue weighted by Gasteiger charge is -2.41. The van der Waals surface area contributed by atoms with Crippen molar-refractivity contribution in [3.05, 3.63) is 130 Å². The van der Waals surface area contributed by atoms with Gasteiger partial charge in [0.15, 0.2) is 0 Å². The number of hydrogen-bond donors (Lipinski definition) is 0. The summed E-state index contributed by atoms with van der Waals surface area (Å²) < 4.78 is 0. The highest BCUT2D eigenvalue weighted by Gasteiger charge is 2.48. The van der Waals surface area contributed by atoms with Gasteiger partial charge in [-0.3, -0.25) is 65.5 Å². The van der Waals surface area contributed by atoms with Crippen molar-refractivity contribution in [1.82, 2.24) is 4.90 Å². The first kappa shape index (κ1) is 29.5. The number of rotatable bonds is 7. The third kappa shape index (κ3) is 4.77. The van der Waals surface area contributed by atoms with Crippen LogP contribution in [0, 0.1) is 60.7 Å². The molecule has 3 aromatic rings. The Bertz CT molecular complexity index is 1500.